The molecule has 0 radical (unpaired) electrons. The number of hydrogen-bond donors (Lipinski definition) is 1. The maximum absolute atomic E-state index is 11.0. The van der Waals surface area contributed by atoms with Crippen LogP contribution in [-0.2, 0) is 6.42 Å². The van der Waals surface area contributed by atoms with E-state index in [9.17, 15) is 10.1 Å². The fourth-order valence-corrected chi connectivity index (χ4v) is 2.67. The fourth-order valence-electron chi connectivity index (χ4n) is 2.67. The van der Waals surface area contributed by atoms with Crippen molar-refractivity contribution in [3.05, 3.63) is 52.1 Å². The summed E-state index contributed by atoms with van der Waals surface area (Å²) >= 11 is 0. The quantitative estimate of drug-likeness (QED) is 0.669. The van der Waals surface area contributed by atoms with E-state index in [0.29, 0.717) is 5.82 Å². The van der Waals surface area contributed by atoms with Gasteiger partial charge in [-0.05, 0) is 25.0 Å². The Bertz CT molecular complexity index is 687. The summed E-state index contributed by atoms with van der Waals surface area (Å²) in [6, 6.07) is 10.9. The Hall–Kier alpha value is -2.63. The van der Waals surface area contributed by atoms with E-state index in [-0.39, 0.29) is 17.5 Å². The minimum atomic E-state index is -0.450. The number of rotatable bonds is 2. The Morgan fingerprint density at radius 3 is 2.90 bits per heavy atom. The number of benzene rings is 1. The number of nitrogens with zero attached hydrogens (tertiary/aromatic N) is 3. The maximum atomic E-state index is 11.0. The second kappa shape index (κ2) is 4.48. The number of para-hydroxylation sites is 1. The molecule has 0 amide bonds. The Kier molecular flexibility index (Phi) is 2.78. The third-order valence-electron chi connectivity index (χ3n) is 3.48. The summed E-state index contributed by atoms with van der Waals surface area (Å²) in [6.07, 6.45) is 0.889. The van der Waals surface area contributed by atoms with E-state index < -0.39 is 4.92 Å². The van der Waals surface area contributed by atoms with E-state index in [1.807, 2.05) is 23.1 Å². The zero-order valence-corrected chi connectivity index (χ0v) is 11.0. The summed E-state index contributed by atoms with van der Waals surface area (Å²) in [6.45, 7) is 2.07. The van der Waals surface area contributed by atoms with Crippen molar-refractivity contribution in [3.63, 3.8) is 0 Å². The molecule has 1 aliphatic rings. The largest absolute Gasteiger partial charge is 0.383 e. The van der Waals surface area contributed by atoms with Crippen LogP contribution in [0.3, 0.4) is 0 Å². The molecule has 1 unspecified atom stereocenters. The van der Waals surface area contributed by atoms with Crippen molar-refractivity contribution in [2.45, 2.75) is 19.4 Å². The van der Waals surface area contributed by atoms with Crippen molar-refractivity contribution in [1.29, 1.82) is 0 Å². The molecule has 1 aromatic heterocycles. The zero-order valence-electron chi connectivity index (χ0n) is 11.0. The van der Waals surface area contributed by atoms with Crippen LogP contribution in [0.15, 0.2) is 36.4 Å². The summed E-state index contributed by atoms with van der Waals surface area (Å²) in [5.41, 5.74) is 7.90. The van der Waals surface area contributed by atoms with E-state index in [2.05, 4.69) is 18.0 Å². The van der Waals surface area contributed by atoms with Gasteiger partial charge < -0.3 is 10.6 Å². The SMILES string of the molecule is CC1Cc2ccccc2N1c1cc([N+](=O)[O-])cc(N)n1. The van der Waals surface area contributed by atoms with Gasteiger partial charge in [-0.3, -0.25) is 10.1 Å². The van der Waals surface area contributed by atoms with Crippen molar-refractivity contribution < 1.29 is 4.92 Å². The molecule has 0 spiro atoms. The van der Waals surface area contributed by atoms with Crippen LogP contribution in [0.2, 0.25) is 0 Å². The Labute approximate surface area is 116 Å². The molecule has 0 bridgehead atoms. The Morgan fingerprint density at radius 1 is 1.40 bits per heavy atom. The molecule has 2 aromatic rings. The van der Waals surface area contributed by atoms with Crippen molar-refractivity contribution in [1.82, 2.24) is 4.98 Å². The van der Waals surface area contributed by atoms with Gasteiger partial charge in [-0.25, -0.2) is 4.98 Å². The molecule has 2 N–H and O–H groups in total. The van der Waals surface area contributed by atoms with Gasteiger partial charge >= 0.3 is 0 Å². The first-order chi connectivity index (χ1) is 9.56. The molecule has 6 heteroatoms. The van der Waals surface area contributed by atoms with Crippen molar-refractivity contribution in [3.8, 4) is 0 Å². The number of nitrogens with two attached hydrogens (primary N) is 1. The number of fused-ring (bicyclic) bond motifs is 1. The molecule has 20 heavy (non-hydrogen) atoms. The van der Waals surface area contributed by atoms with Gasteiger partial charge in [-0.1, -0.05) is 18.2 Å². The van der Waals surface area contributed by atoms with Crippen LogP contribution in [0.4, 0.5) is 23.0 Å². The normalized spacial score (nSPS) is 17.1. The summed E-state index contributed by atoms with van der Waals surface area (Å²) < 4.78 is 0. The lowest BCUT2D eigenvalue weighted by Crippen LogP contribution is -2.25. The van der Waals surface area contributed by atoms with E-state index in [4.69, 9.17) is 5.73 Å². The second-order valence-corrected chi connectivity index (χ2v) is 4.92. The Morgan fingerprint density at radius 2 is 2.15 bits per heavy atom. The molecular formula is C14H14N4O2. The lowest BCUT2D eigenvalue weighted by molar-refractivity contribution is -0.384. The lowest BCUT2D eigenvalue weighted by Gasteiger charge is -2.23. The van der Waals surface area contributed by atoms with Crippen LogP contribution in [0.1, 0.15) is 12.5 Å². The maximum Gasteiger partial charge on any atom is 0.276 e. The van der Waals surface area contributed by atoms with Crippen LogP contribution in [0.25, 0.3) is 0 Å². The molecule has 2 heterocycles. The molecule has 0 aliphatic carbocycles. The van der Waals surface area contributed by atoms with Gasteiger partial charge in [0, 0.05) is 11.7 Å². The molecule has 6 nitrogen and oxygen atoms in total. The third-order valence-corrected chi connectivity index (χ3v) is 3.48. The topological polar surface area (TPSA) is 85.3 Å². The van der Waals surface area contributed by atoms with E-state index in [0.717, 1.165) is 12.1 Å². The predicted molar refractivity (Wildman–Crippen MR) is 77.1 cm³/mol. The highest BCUT2D eigenvalue weighted by Gasteiger charge is 2.28. The van der Waals surface area contributed by atoms with Gasteiger partial charge in [0.15, 0.2) is 0 Å². The predicted octanol–water partition coefficient (Wildman–Crippen LogP) is 2.65. The van der Waals surface area contributed by atoms with Gasteiger partial charge in [0.05, 0.1) is 17.1 Å². The van der Waals surface area contributed by atoms with E-state index >= 15 is 0 Å². The standard InChI is InChI=1S/C14H14N4O2/c1-9-6-10-4-2-3-5-12(10)17(9)14-8-11(18(19)20)7-13(15)16-14/h2-5,7-9H,6H2,1H3,(H2,15,16). The van der Waals surface area contributed by atoms with Crippen LogP contribution >= 0.6 is 0 Å². The highest BCUT2D eigenvalue weighted by Crippen LogP contribution is 2.38. The number of anilines is 3. The summed E-state index contributed by atoms with van der Waals surface area (Å²) in [4.78, 5) is 16.7. The molecule has 0 saturated carbocycles. The van der Waals surface area contributed by atoms with Gasteiger partial charge in [-0.2, -0.15) is 0 Å². The fraction of sp³-hybridized carbons (Fsp3) is 0.214. The molecule has 1 atom stereocenters. The summed E-state index contributed by atoms with van der Waals surface area (Å²) in [7, 11) is 0. The molecule has 1 aliphatic heterocycles. The summed E-state index contributed by atoms with van der Waals surface area (Å²) in [5.74, 6) is 0.680. The summed E-state index contributed by atoms with van der Waals surface area (Å²) in [5, 5.41) is 11.0. The van der Waals surface area contributed by atoms with E-state index in [1.54, 1.807) is 0 Å². The number of hydrogen-bond acceptors (Lipinski definition) is 5. The van der Waals surface area contributed by atoms with Gasteiger partial charge in [0.2, 0.25) is 0 Å². The van der Waals surface area contributed by atoms with Gasteiger partial charge in [-0.15, -0.1) is 0 Å². The van der Waals surface area contributed by atoms with Crippen LogP contribution in [0.5, 0.6) is 0 Å². The minimum absolute atomic E-state index is 0.0379. The first-order valence-corrected chi connectivity index (χ1v) is 6.35. The van der Waals surface area contributed by atoms with Crippen molar-refractivity contribution in [2.75, 3.05) is 10.6 Å². The molecule has 0 saturated heterocycles. The average molecular weight is 270 g/mol. The molecule has 102 valence electrons. The Balaban J connectivity index is 2.11. The lowest BCUT2D eigenvalue weighted by atomic mass is 10.1. The number of aromatic nitrogens is 1. The smallest absolute Gasteiger partial charge is 0.276 e. The number of pyridine rings is 1. The second-order valence-electron chi connectivity index (χ2n) is 4.92. The minimum Gasteiger partial charge on any atom is -0.383 e. The third kappa shape index (κ3) is 1.95. The molecule has 0 fully saturated rings. The first-order valence-electron chi connectivity index (χ1n) is 6.35. The zero-order chi connectivity index (χ0) is 14.3. The molecular weight excluding hydrogens is 256 g/mol. The number of nitro groups is 1. The highest BCUT2D eigenvalue weighted by molar-refractivity contribution is 5.71. The van der Waals surface area contributed by atoms with E-state index in [1.165, 1.54) is 17.7 Å². The van der Waals surface area contributed by atoms with Crippen molar-refractivity contribution >= 4 is 23.0 Å². The first kappa shape index (κ1) is 12.4. The highest BCUT2D eigenvalue weighted by atomic mass is 16.6. The van der Waals surface area contributed by atoms with Crippen LogP contribution in [0, 0.1) is 10.1 Å². The van der Waals surface area contributed by atoms with Gasteiger partial charge in [0.1, 0.15) is 11.6 Å². The number of nitrogen functional groups attached to an aromatic ring is 1. The monoisotopic (exact) mass is 270 g/mol. The van der Waals surface area contributed by atoms with Crippen LogP contribution in [-0.4, -0.2) is 15.9 Å². The molecule has 1 aromatic carbocycles. The molecule has 3 rings (SSSR count). The van der Waals surface area contributed by atoms with Crippen molar-refractivity contribution in [2.24, 2.45) is 0 Å². The average Bonchev–Trinajstić information content (AvgIpc) is 2.73. The van der Waals surface area contributed by atoms with Gasteiger partial charge in [0.25, 0.3) is 5.69 Å². The van der Waals surface area contributed by atoms with Crippen LogP contribution < -0.4 is 10.6 Å².